The van der Waals surface area contributed by atoms with Crippen LogP contribution in [0.2, 0.25) is 5.02 Å². The second-order valence-electron chi connectivity index (χ2n) is 7.21. The van der Waals surface area contributed by atoms with E-state index < -0.39 is 0 Å². The maximum Gasteiger partial charge on any atom is 0.227 e. The van der Waals surface area contributed by atoms with E-state index in [0.717, 1.165) is 60.3 Å². The van der Waals surface area contributed by atoms with Crippen molar-refractivity contribution in [1.29, 1.82) is 0 Å². The molecule has 0 unspecified atom stereocenters. The fourth-order valence-corrected chi connectivity index (χ4v) is 4.05. The van der Waals surface area contributed by atoms with E-state index in [1.165, 1.54) is 11.3 Å². The zero-order chi connectivity index (χ0) is 19.6. The van der Waals surface area contributed by atoms with Gasteiger partial charge in [-0.3, -0.25) is 0 Å². The Bertz CT molecular complexity index is 1080. The van der Waals surface area contributed by atoms with E-state index in [0.29, 0.717) is 5.95 Å². The van der Waals surface area contributed by atoms with Crippen molar-refractivity contribution >= 4 is 40.6 Å². The second kappa shape index (κ2) is 7.85. The van der Waals surface area contributed by atoms with Gasteiger partial charge in [-0.05, 0) is 41.5 Å². The zero-order valence-electron chi connectivity index (χ0n) is 15.9. The molecule has 1 saturated heterocycles. The van der Waals surface area contributed by atoms with Crippen LogP contribution in [0, 0.1) is 0 Å². The first-order chi connectivity index (χ1) is 14.3. The molecule has 1 N–H and O–H groups in total. The van der Waals surface area contributed by atoms with Crippen LogP contribution in [0.3, 0.4) is 0 Å². The summed E-state index contributed by atoms with van der Waals surface area (Å²) in [6.45, 7) is 3.36. The lowest BCUT2D eigenvalue weighted by molar-refractivity contribution is 0.122. The van der Waals surface area contributed by atoms with E-state index in [-0.39, 0.29) is 0 Å². The Morgan fingerprint density at radius 3 is 2.76 bits per heavy atom. The van der Waals surface area contributed by atoms with E-state index in [4.69, 9.17) is 21.3 Å². The van der Waals surface area contributed by atoms with Gasteiger partial charge in [0.2, 0.25) is 5.95 Å². The van der Waals surface area contributed by atoms with Crippen molar-refractivity contribution in [3.63, 3.8) is 0 Å². The van der Waals surface area contributed by atoms with Gasteiger partial charge in [0.1, 0.15) is 0 Å². The maximum atomic E-state index is 6.36. The van der Waals surface area contributed by atoms with E-state index in [2.05, 4.69) is 39.5 Å². The molecule has 29 heavy (non-hydrogen) atoms. The third kappa shape index (κ3) is 3.84. The molecule has 6 heteroatoms. The molecule has 1 aliphatic carbocycles. The number of nitrogens with one attached hydrogen (secondary N) is 1. The summed E-state index contributed by atoms with van der Waals surface area (Å²) >= 11 is 6.36. The van der Waals surface area contributed by atoms with E-state index in [1.54, 1.807) is 0 Å². The molecule has 0 bridgehead atoms. The second-order valence-corrected chi connectivity index (χ2v) is 7.61. The summed E-state index contributed by atoms with van der Waals surface area (Å²) in [6.07, 6.45) is 4.80. The van der Waals surface area contributed by atoms with Crippen LogP contribution in [0.25, 0.3) is 11.6 Å². The summed E-state index contributed by atoms with van der Waals surface area (Å²) in [4.78, 5) is 11.6. The summed E-state index contributed by atoms with van der Waals surface area (Å²) < 4.78 is 5.45. The molecular weight excluding hydrogens is 384 g/mol. The molecule has 0 amide bonds. The van der Waals surface area contributed by atoms with Gasteiger partial charge in [0.25, 0.3) is 0 Å². The van der Waals surface area contributed by atoms with E-state index >= 15 is 0 Å². The van der Waals surface area contributed by atoms with Gasteiger partial charge in [-0.1, -0.05) is 35.9 Å². The molecule has 3 aromatic rings. The van der Waals surface area contributed by atoms with Gasteiger partial charge in [-0.25, -0.2) is 9.97 Å². The number of ether oxygens (including phenoxy) is 1. The molecule has 0 saturated carbocycles. The lowest BCUT2D eigenvalue weighted by atomic mass is 10.0. The van der Waals surface area contributed by atoms with Crippen LogP contribution < -0.4 is 10.2 Å². The Hall–Kier alpha value is -2.89. The topological polar surface area (TPSA) is 50.3 Å². The summed E-state index contributed by atoms with van der Waals surface area (Å²) in [5.41, 5.74) is 6.45. The van der Waals surface area contributed by atoms with Crippen LogP contribution in [0.1, 0.15) is 16.8 Å². The predicted octanol–water partition coefficient (Wildman–Crippen LogP) is 4.81. The molecule has 146 valence electrons. The van der Waals surface area contributed by atoms with Gasteiger partial charge >= 0.3 is 0 Å². The average Bonchev–Trinajstić information content (AvgIpc) is 3.18. The van der Waals surface area contributed by atoms with Crippen LogP contribution in [-0.2, 0) is 11.2 Å². The van der Waals surface area contributed by atoms with Crippen LogP contribution >= 0.6 is 11.6 Å². The zero-order valence-corrected chi connectivity index (χ0v) is 16.7. The third-order valence-corrected chi connectivity index (χ3v) is 5.62. The minimum absolute atomic E-state index is 0.597. The summed E-state index contributed by atoms with van der Waals surface area (Å²) in [5, 5.41) is 4.11. The van der Waals surface area contributed by atoms with Gasteiger partial charge in [0.15, 0.2) is 0 Å². The van der Waals surface area contributed by atoms with Gasteiger partial charge < -0.3 is 15.0 Å². The Morgan fingerprint density at radius 1 is 1.03 bits per heavy atom. The van der Waals surface area contributed by atoms with Crippen LogP contribution in [-0.4, -0.2) is 36.3 Å². The predicted molar refractivity (Wildman–Crippen MR) is 118 cm³/mol. The van der Waals surface area contributed by atoms with Gasteiger partial charge in [0, 0.05) is 47.7 Å². The fraction of sp³-hybridized carbons (Fsp3) is 0.217. The first kappa shape index (κ1) is 18.2. The van der Waals surface area contributed by atoms with Crippen molar-refractivity contribution in [2.45, 2.75) is 6.42 Å². The van der Waals surface area contributed by atoms with Crippen molar-refractivity contribution in [2.24, 2.45) is 0 Å². The standard InChI is InChI=1S/C23H21ClN4O/c24-21-7-2-1-6-20(21)16-12-17-15-25-23(27-22(17)13-16)26-18-4-3-5-19(14-18)28-8-10-29-11-9-28/h1-7,13-15H,8-12H2,(H,25,26,27). The first-order valence-corrected chi connectivity index (χ1v) is 10.2. The van der Waals surface area contributed by atoms with Crippen molar-refractivity contribution in [3.8, 4) is 0 Å². The number of rotatable bonds is 4. The van der Waals surface area contributed by atoms with Crippen LogP contribution in [0.4, 0.5) is 17.3 Å². The summed E-state index contributed by atoms with van der Waals surface area (Å²) in [6, 6.07) is 16.3. The quantitative estimate of drug-likeness (QED) is 0.676. The molecule has 5 nitrogen and oxygen atoms in total. The number of allylic oxidation sites excluding steroid dienone is 1. The Balaban J connectivity index is 1.37. The first-order valence-electron chi connectivity index (χ1n) is 9.77. The van der Waals surface area contributed by atoms with Crippen LogP contribution in [0.15, 0.2) is 54.7 Å². The van der Waals surface area contributed by atoms with Crippen molar-refractivity contribution in [3.05, 3.63) is 76.6 Å². The molecule has 0 radical (unpaired) electrons. The smallest absolute Gasteiger partial charge is 0.227 e. The largest absolute Gasteiger partial charge is 0.378 e. The average molecular weight is 405 g/mol. The highest BCUT2D eigenvalue weighted by atomic mass is 35.5. The molecule has 1 aliphatic heterocycles. The lowest BCUT2D eigenvalue weighted by Gasteiger charge is -2.29. The molecule has 2 aromatic carbocycles. The number of morpholine rings is 1. The number of halogens is 1. The molecule has 2 aliphatic rings. The highest BCUT2D eigenvalue weighted by molar-refractivity contribution is 6.32. The molecular formula is C23H21ClN4O. The van der Waals surface area contributed by atoms with Gasteiger partial charge in [-0.15, -0.1) is 0 Å². The Morgan fingerprint density at radius 2 is 1.90 bits per heavy atom. The number of hydrogen-bond donors (Lipinski definition) is 1. The number of hydrogen-bond acceptors (Lipinski definition) is 5. The van der Waals surface area contributed by atoms with Crippen molar-refractivity contribution in [1.82, 2.24) is 9.97 Å². The number of anilines is 3. The Labute approximate surface area is 175 Å². The van der Waals surface area contributed by atoms with Gasteiger partial charge in [0.05, 0.1) is 18.9 Å². The lowest BCUT2D eigenvalue weighted by Crippen LogP contribution is -2.36. The Kier molecular flexibility index (Phi) is 4.92. The number of benzene rings is 2. The highest BCUT2D eigenvalue weighted by Crippen LogP contribution is 2.34. The highest BCUT2D eigenvalue weighted by Gasteiger charge is 2.18. The van der Waals surface area contributed by atoms with Gasteiger partial charge in [-0.2, -0.15) is 0 Å². The number of fused-ring (bicyclic) bond motifs is 1. The minimum Gasteiger partial charge on any atom is -0.378 e. The minimum atomic E-state index is 0.597. The SMILES string of the molecule is Clc1ccccc1C1=Cc2nc(Nc3cccc(N4CCOCC4)c3)ncc2C1. The normalized spacial score (nSPS) is 15.8. The summed E-state index contributed by atoms with van der Waals surface area (Å²) in [5.74, 6) is 0.597. The maximum absolute atomic E-state index is 6.36. The monoisotopic (exact) mass is 404 g/mol. The van der Waals surface area contributed by atoms with Crippen LogP contribution in [0.5, 0.6) is 0 Å². The molecule has 1 aromatic heterocycles. The molecule has 1 fully saturated rings. The van der Waals surface area contributed by atoms with Crippen molar-refractivity contribution < 1.29 is 4.74 Å². The molecule has 0 atom stereocenters. The van der Waals surface area contributed by atoms with E-state index in [1.807, 2.05) is 36.5 Å². The van der Waals surface area contributed by atoms with Crippen molar-refractivity contribution in [2.75, 3.05) is 36.5 Å². The number of nitrogens with zero attached hydrogens (tertiary/aromatic N) is 3. The molecule has 5 rings (SSSR count). The number of aromatic nitrogens is 2. The molecule has 2 heterocycles. The fourth-order valence-electron chi connectivity index (χ4n) is 3.79. The molecule has 0 spiro atoms. The summed E-state index contributed by atoms with van der Waals surface area (Å²) in [7, 11) is 0. The van der Waals surface area contributed by atoms with E-state index in [9.17, 15) is 0 Å². The third-order valence-electron chi connectivity index (χ3n) is 5.29.